The second-order valence-corrected chi connectivity index (χ2v) is 6.04. The monoisotopic (exact) mass is 240 g/mol. The van der Waals surface area contributed by atoms with Gasteiger partial charge in [-0.1, -0.05) is 20.3 Å². The third-order valence-corrected chi connectivity index (χ3v) is 4.14. The Hall–Kier alpha value is -0.120. The summed E-state index contributed by atoms with van der Waals surface area (Å²) in [6.07, 6.45) is 7.58. The van der Waals surface area contributed by atoms with Crippen molar-refractivity contribution in [3.8, 4) is 0 Å². The van der Waals surface area contributed by atoms with Gasteiger partial charge < -0.3 is 15.0 Å². The molecule has 0 radical (unpaired) electrons. The average Bonchev–Trinajstić information content (AvgIpc) is 2.59. The van der Waals surface area contributed by atoms with Crippen LogP contribution in [0.3, 0.4) is 0 Å². The van der Waals surface area contributed by atoms with Gasteiger partial charge in [-0.25, -0.2) is 0 Å². The number of hydrogen-bond acceptors (Lipinski definition) is 3. The maximum atomic E-state index is 6.10. The summed E-state index contributed by atoms with van der Waals surface area (Å²) in [5.74, 6) is 0. The molecule has 0 bridgehead atoms. The first-order valence-electron chi connectivity index (χ1n) is 7.24. The van der Waals surface area contributed by atoms with E-state index in [0.29, 0.717) is 18.2 Å². The Labute approximate surface area is 106 Å². The highest BCUT2D eigenvalue weighted by Gasteiger charge is 2.29. The fourth-order valence-electron chi connectivity index (χ4n) is 2.73. The van der Waals surface area contributed by atoms with Crippen LogP contribution in [0, 0.1) is 0 Å². The average molecular weight is 240 g/mol. The third kappa shape index (κ3) is 3.94. The SMILES string of the molecule is CC(C)NCC1CCC(CN(C)C2CCC2)O1. The molecule has 2 rings (SSSR count). The molecule has 1 heterocycles. The van der Waals surface area contributed by atoms with E-state index in [0.717, 1.165) is 19.1 Å². The van der Waals surface area contributed by atoms with Crippen LogP contribution in [0.25, 0.3) is 0 Å². The van der Waals surface area contributed by atoms with E-state index in [1.807, 2.05) is 0 Å². The van der Waals surface area contributed by atoms with E-state index in [-0.39, 0.29) is 0 Å². The van der Waals surface area contributed by atoms with Crippen molar-refractivity contribution in [2.24, 2.45) is 0 Å². The van der Waals surface area contributed by atoms with E-state index < -0.39 is 0 Å². The van der Waals surface area contributed by atoms with E-state index in [2.05, 4.69) is 31.1 Å². The van der Waals surface area contributed by atoms with Gasteiger partial charge in [0.05, 0.1) is 12.2 Å². The highest BCUT2D eigenvalue weighted by molar-refractivity contribution is 4.83. The standard InChI is InChI=1S/C14H28N2O/c1-11(2)15-9-13-7-8-14(17-13)10-16(3)12-5-4-6-12/h11-15H,4-10H2,1-3H3. The molecule has 1 aliphatic heterocycles. The zero-order chi connectivity index (χ0) is 12.3. The van der Waals surface area contributed by atoms with Crippen molar-refractivity contribution >= 4 is 0 Å². The Balaban J connectivity index is 1.63. The van der Waals surface area contributed by atoms with E-state index in [9.17, 15) is 0 Å². The molecule has 0 aromatic heterocycles. The van der Waals surface area contributed by atoms with Crippen LogP contribution in [-0.4, -0.2) is 49.3 Å². The van der Waals surface area contributed by atoms with Gasteiger partial charge in [0.2, 0.25) is 0 Å². The summed E-state index contributed by atoms with van der Waals surface area (Å²) < 4.78 is 6.10. The number of nitrogens with zero attached hydrogens (tertiary/aromatic N) is 1. The van der Waals surface area contributed by atoms with Crippen molar-refractivity contribution in [3.63, 3.8) is 0 Å². The predicted molar refractivity (Wildman–Crippen MR) is 71.3 cm³/mol. The minimum atomic E-state index is 0.442. The summed E-state index contributed by atoms with van der Waals surface area (Å²) in [6.45, 7) is 6.53. The lowest BCUT2D eigenvalue weighted by molar-refractivity contribution is 0.0120. The minimum absolute atomic E-state index is 0.442. The third-order valence-electron chi connectivity index (χ3n) is 4.14. The molecule has 100 valence electrons. The molecular weight excluding hydrogens is 212 g/mol. The van der Waals surface area contributed by atoms with Gasteiger partial charge in [0.1, 0.15) is 0 Å². The maximum Gasteiger partial charge on any atom is 0.0707 e. The van der Waals surface area contributed by atoms with Gasteiger partial charge >= 0.3 is 0 Å². The summed E-state index contributed by atoms with van der Waals surface area (Å²) in [7, 11) is 2.26. The van der Waals surface area contributed by atoms with Gasteiger partial charge in [-0.3, -0.25) is 0 Å². The number of hydrogen-bond donors (Lipinski definition) is 1. The number of ether oxygens (including phenoxy) is 1. The molecule has 2 unspecified atom stereocenters. The van der Waals surface area contributed by atoms with Crippen LogP contribution < -0.4 is 5.32 Å². The molecule has 0 aromatic rings. The molecular formula is C14H28N2O. The highest BCUT2D eigenvalue weighted by Crippen LogP contribution is 2.26. The largest absolute Gasteiger partial charge is 0.372 e. The minimum Gasteiger partial charge on any atom is -0.372 e. The fourth-order valence-corrected chi connectivity index (χ4v) is 2.73. The van der Waals surface area contributed by atoms with Gasteiger partial charge in [0.15, 0.2) is 0 Å². The molecule has 2 atom stereocenters. The molecule has 0 aromatic carbocycles. The van der Waals surface area contributed by atoms with Crippen LogP contribution in [0.4, 0.5) is 0 Å². The molecule has 1 saturated heterocycles. The van der Waals surface area contributed by atoms with Crippen molar-refractivity contribution in [2.75, 3.05) is 20.1 Å². The second-order valence-electron chi connectivity index (χ2n) is 6.04. The number of nitrogens with one attached hydrogen (secondary N) is 1. The second kappa shape index (κ2) is 6.17. The van der Waals surface area contributed by atoms with E-state index in [4.69, 9.17) is 4.74 Å². The quantitative estimate of drug-likeness (QED) is 0.769. The van der Waals surface area contributed by atoms with Crippen molar-refractivity contribution < 1.29 is 4.74 Å². The molecule has 1 saturated carbocycles. The molecule has 1 aliphatic carbocycles. The highest BCUT2D eigenvalue weighted by atomic mass is 16.5. The Kier molecular flexibility index (Phi) is 4.83. The first-order valence-corrected chi connectivity index (χ1v) is 7.24. The fraction of sp³-hybridized carbons (Fsp3) is 1.00. The lowest BCUT2D eigenvalue weighted by Crippen LogP contribution is -2.41. The molecule has 2 aliphatic rings. The smallest absolute Gasteiger partial charge is 0.0707 e. The van der Waals surface area contributed by atoms with Gasteiger partial charge in [0.25, 0.3) is 0 Å². The molecule has 3 nitrogen and oxygen atoms in total. The van der Waals surface area contributed by atoms with Crippen LogP contribution in [0.2, 0.25) is 0 Å². The van der Waals surface area contributed by atoms with Gasteiger partial charge in [-0.15, -0.1) is 0 Å². The van der Waals surface area contributed by atoms with Crippen LogP contribution in [0.5, 0.6) is 0 Å². The first-order chi connectivity index (χ1) is 8.15. The van der Waals surface area contributed by atoms with E-state index in [1.54, 1.807) is 0 Å². The molecule has 2 fully saturated rings. The van der Waals surface area contributed by atoms with Gasteiger partial charge in [0, 0.05) is 25.2 Å². The maximum absolute atomic E-state index is 6.10. The summed E-state index contributed by atoms with van der Waals surface area (Å²) in [4.78, 5) is 2.51. The Bertz CT molecular complexity index is 228. The van der Waals surface area contributed by atoms with Crippen molar-refractivity contribution in [3.05, 3.63) is 0 Å². The Morgan fingerprint density at radius 2 is 1.88 bits per heavy atom. The summed E-state index contributed by atoms with van der Waals surface area (Å²) >= 11 is 0. The van der Waals surface area contributed by atoms with Crippen LogP contribution >= 0.6 is 0 Å². The summed E-state index contributed by atoms with van der Waals surface area (Å²) in [5, 5.41) is 3.47. The van der Waals surface area contributed by atoms with Crippen LogP contribution in [0.1, 0.15) is 46.0 Å². The number of likely N-dealkylation sites (N-methyl/N-ethyl adjacent to an activating group) is 1. The van der Waals surface area contributed by atoms with Crippen molar-refractivity contribution in [1.82, 2.24) is 10.2 Å². The Morgan fingerprint density at radius 1 is 1.18 bits per heavy atom. The normalized spacial score (nSPS) is 30.2. The predicted octanol–water partition coefficient (Wildman–Crippen LogP) is 2.02. The van der Waals surface area contributed by atoms with E-state index >= 15 is 0 Å². The lowest BCUT2D eigenvalue weighted by atomic mass is 9.91. The molecule has 0 amide bonds. The van der Waals surface area contributed by atoms with Crippen LogP contribution in [0.15, 0.2) is 0 Å². The lowest BCUT2D eigenvalue weighted by Gasteiger charge is -2.36. The summed E-state index contributed by atoms with van der Waals surface area (Å²) in [6, 6.07) is 1.40. The van der Waals surface area contributed by atoms with Crippen molar-refractivity contribution in [1.29, 1.82) is 0 Å². The van der Waals surface area contributed by atoms with Crippen molar-refractivity contribution in [2.45, 2.75) is 70.2 Å². The topological polar surface area (TPSA) is 24.5 Å². The summed E-state index contributed by atoms with van der Waals surface area (Å²) in [5.41, 5.74) is 0. The number of rotatable bonds is 6. The molecule has 0 spiro atoms. The van der Waals surface area contributed by atoms with E-state index in [1.165, 1.54) is 32.1 Å². The van der Waals surface area contributed by atoms with Gasteiger partial charge in [-0.2, -0.15) is 0 Å². The molecule has 17 heavy (non-hydrogen) atoms. The molecule has 3 heteroatoms. The first kappa shape index (κ1) is 13.3. The van der Waals surface area contributed by atoms with Crippen LogP contribution in [-0.2, 0) is 4.74 Å². The molecule has 1 N–H and O–H groups in total. The zero-order valence-corrected chi connectivity index (χ0v) is 11.6. The Morgan fingerprint density at radius 3 is 2.47 bits per heavy atom. The van der Waals surface area contributed by atoms with Gasteiger partial charge in [-0.05, 0) is 32.7 Å². The zero-order valence-electron chi connectivity index (χ0n) is 11.6.